The fraction of sp³-hybridized carbons (Fsp3) is 0.111. The van der Waals surface area contributed by atoms with E-state index < -0.39 is 22.5 Å². The minimum Gasteiger partial charge on any atom is -0.490 e. The first-order valence-corrected chi connectivity index (χ1v) is 7.63. The average molecular weight is 336 g/mol. The highest BCUT2D eigenvalue weighted by Crippen LogP contribution is 2.38. The van der Waals surface area contributed by atoms with Crippen LogP contribution in [0.1, 0.15) is 15.9 Å². The van der Waals surface area contributed by atoms with E-state index in [9.17, 15) is 19.7 Å². The molecule has 0 fully saturated rings. The first-order chi connectivity index (χ1) is 12.1. The van der Waals surface area contributed by atoms with E-state index in [1.807, 2.05) is 0 Å². The van der Waals surface area contributed by atoms with Crippen LogP contribution in [0.3, 0.4) is 0 Å². The normalized spacial score (nSPS) is 18.5. The van der Waals surface area contributed by atoms with Gasteiger partial charge in [-0.2, -0.15) is 0 Å². The van der Waals surface area contributed by atoms with Gasteiger partial charge in [0.2, 0.25) is 11.6 Å². The lowest BCUT2D eigenvalue weighted by Gasteiger charge is -2.18. The molecule has 0 spiro atoms. The second-order valence-electron chi connectivity index (χ2n) is 5.73. The molecular formula is C18H12N2O5. The quantitative estimate of drug-likeness (QED) is 0.525. The number of carbonyl (C=O) groups is 2. The molecule has 0 amide bonds. The summed E-state index contributed by atoms with van der Waals surface area (Å²) in [6, 6.07) is 12.3. The van der Waals surface area contributed by atoms with Crippen LogP contribution in [0.15, 0.2) is 54.1 Å². The summed E-state index contributed by atoms with van der Waals surface area (Å²) in [5.74, 6) is -0.854. The molecule has 0 saturated heterocycles. The van der Waals surface area contributed by atoms with Crippen molar-refractivity contribution in [3.63, 3.8) is 0 Å². The Labute approximate surface area is 142 Å². The van der Waals surface area contributed by atoms with Gasteiger partial charge in [0.15, 0.2) is 0 Å². The Morgan fingerprint density at radius 2 is 1.68 bits per heavy atom. The van der Waals surface area contributed by atoms with Gasteiger partial charge in [-0.25, -0.2) is 0 Å². The lowest BCUT2D eigenvalue weighted by Crippen LogP contribution is -2.32. The predicted octanol–water partition coefficient (Wildman–Crippen LogP) is 2.58. The minimum absolute atomic E-state index is 0.105. The van der Waals surface area contributed by atoms with Gasteiger partial charge in [-0.05, 0) is 6.07 Å². The van der Waals surface area contributed by atoms with E-state index >= 15 is 0 Å². The van der Waals surface area contributed by atoms with Gasteiger partial charge in [0.1, 0.15) is 18.1 Å². The Kier molecular flexibility index (Phi) is 3.35. The highest BCUT2D eigenvalue weighted by molar-refractivity contribution is 6.52. The van der Waals surface area contributed by atoms with Crippen LogP contribution in [-0.2, 0) is 9.53 Å². The Bertz CT molecular complexity index is 963. The molecule has 1 heterocycles. The fourth-order valence-electron chi connectivity index (χ4n) is 3.15. The van der Waals surface area contributed by atoms with Crippen molar-refractivity contribution in [1.82, 2.24) is 0 Å². The number of nitro benzene ring substituents is 1. The largest absolute Gasteiger partial charge is 0.490 e. The fourth-order valence-corrected chi connectivity index (χ4v) is 3.15. The van der Waals surface area contributed by atoms with Crippen LogP contribution in [-0.4, -0.2) is 29.1 Å². The molecule has 4 rings (SSSR count). The number of hydrogen-bond acceptors (Lipinski definition) is 6. The second kappa shape index (κ2) is 5.55. The third-order valence-corrected chi connectivity index (χ3v) is 4.29. The summed E-state index contributed by atoms with van der Waals surface area (Å²) in [5.41, 5.74) is 1.29. The van der Waals surface area contributed by atoms with Crippen LogP contribution < -0.4 is 5.32 Å². The molecule has 7 heteroatoms. The van der Waals surface area contributed by atoms with Gasteiger partial charge in [0, 0.05) is 17.2 Å². The van der Waals surface area contributed by atoms with E-state index in [2.05, 4.69) is 5.32 Å². The van der Waals surface area contributed by atoms with Crippen molar-refractivity contribution >= 4 is 28.7 Å². The molecule has 1 unspecified atom stereocenters. The maximum Gasteiger partial charge on any atom is 0.292 e. The van der Waals surface area contributed by atoms with Crippen molar-refractivity contribution in [2.24, 2.45) is 0 Å². The zero-order valence-corrected chi connectivity index (χ0v) is 12.9. The molecule has 1 aliphatic heterocycles. The number of carbonyl (C=O) groups excluding carboxylic acids is 2. The molecule has 2 aliphatic rings. The molecule has 25 heavy (non-hydrogen) atoms. The molecular weight excluding hydrogens is 324 g/mol. The molecule has 124 valence electrons. The Morgan fingerprint density at radius 1 is 1.00 bits per heavy atom. The predicted molar refractivity (Wildman–Crippen MR) is 89.2 cm³/mol. The highest BCUT2D eigenvalue weighted by atomic mass is 16.6. The van der Waals surface area contributed by atoms with E-state index in [1.54, 1.807) is 42.5 Å². The van der Waals surface area contributed by atoms with E-state index in [1.165, 1.54) is 6.07 Å². The lowest BCUT2D eigenvalue weighted by atomic mass is 9.86. The Balaban J connectivity index is 1.76. The van der Waals surface area contributed by atoms with Crippen molar-refractivity contribution in [1.29, 1.82) is 0 Å². The molecule has 0 radical (unpaired) electrons. The zero-order chi connectivity index (χ0) is 17.6. The van der Waals surface area contributed by atoms with Crippen molar-refractivity contribution in [2.45, 2.75) is 6.04 Å². The third-order valence-electron chi connectivity index (χ3n) is 4.29. The molecule has 0 bridgehead atoms. The number of ether oxygens (including phenoxy) is 1. The third kappa shape index (κ3) is 2.28. The summed E-state index contributed by atoms with van der Waals surface area (Å²) in [5, 5.41) is 14.1. The van der Waals surface area contributed by atoms with Crippen LogP contribution in [0.5, 0.6) is 0 Å². The molecule has 2 aromatic rings. The van der Waals surface area contributed by atoms with E-state index in [4.69, 9.17) is 4.74 Å². The molecule has 1 aliphatic carbocycles. The summed E-state index contributed by atoms with van der Waals surface area (Å²) < 4.78 is 5.66. The summed E-state index contributed by atoms with van der Waals surface area (Å²) in [6.07, 6.45) is 0. The molecule has 7 nitrogen and oxygen atoms in total. The first kappa shape index (κ1) is 15.1. The summed E-state index contributed by atoms with van der Waals surface area (Å²) in [7, 11) is 0. The van der Waals surface area contributed by atoms with Gasteiger partial charge in [0.05, 0.1) is 16.5 Å². The van der Waals surface area contributed by atoms with Gasteiger partial charge in [-0.3, -0.25) is 19.7 Å². The van der Waals surface area contributed by atoms with Gasteiger partial charge in [0.25, 0.3) is 5.69 Å². The van der Waals surface area contributed by atoms with Crippen molar-refractivity contribution in [3.05, 3.63) is 75.3 Å². The van der Waals surface area contributed by atoms with Crippen molar-refractivity contribution in [3.8, 4) is 0 Å². The molecule has 0 aromatic heterocycles. The van der Waals surface area contributed by atoms with Crippen LogP contribution in [0.2, 0.25) is 0 Å². The zero-order valence-electron chi connectivity index (χ0n) is 12.9. The van der Waals surface area contributed by atoms with E-state index in [0.717, 1.165) is 0 Å². The van der Waals surface area contributed by atoms with Crippen LogP contribution in [0.25, 0.3) is 5.76 Å². The average Bonchev–Trinajstić information content (AvgIpc) is 3.04. The van der Waals surface area contributed by atoms with Gasteiger partial charge >= 0.3 is 0 Å². The van der Waals surface area contributed by atoms with E-state index in [-0.39, 0.29) is 23.6 Å². The number of Topliss-reactive ketones (excluding diaryl/α,β-unsaturated/α-hetero) is 2. The van der Waals surface area contributed by atoms with Crippen molar-refractivity contribution in [2.75, 3.05) is 11.9 Å². The number of nitro groups is 1. The summed E-state index contributed by atoms with van der Waals surface area (Å²) in [6.45, 7) is 0.115. The van der Waals surface area contributed by atoms with Gasteiger partial charge < -0.3 is 10.1 Å². The van der Waals surface area contributed by atoms with Gasteiger partial charge in [-0.15, -0.1) is 0 Å². The maximum atomic E-state index is 12.5. The topological polar surface area (TPSA) is 98.5 Å². The van der Waals surface area contributed by atoms with Gasteiger partial charge in [-0.1, -0.05) is 36.4 Å². The van der Waals surface area contributed by atoms with Crippen molar-refractivity contribution < 1.29 is 19.2 Å². The number of rotatable bonds is 3. The monoisotopic (exact) mass is 336 g/mol. The molecule has 1 N–H and O–H groups in total. The van der Waals surface area contributed by atoms with E-state index in [0.29, 0.717) is 16.9 Å². The number of nitrogens with one attached hydrogen (secondary N) is 1. The summed E-state index contributed by atoms with van der Waals surface area (Å²) >= 11 is 0. The van der Waals surface area contributed by atoms with Crippen LogP contribution in [0, 0.1) is 10.1 Å². The number of anilines is 1. The first-order valence-electron chi connectivity index (χ1n) is 7.63. The lowest BCUT2D eigenvalue weighted by molar-refractivity contribution is -0.384. The Hall–Kier alpha value is -3.48. The Morgan fingerprint density at radius 3 is 2.44 bits per heavy atom. The second-order valence-corrected chi connectivity index (χ2v) is 5.73. The van der Waals surface area contributed by atoms with Crippen LogP contribution in [0.4, 0.5) is 11.4 Å². The molecule has 0 saturated carbocycles. The highest BCUT2D eigenvalue weighted by Gasteiger charge is 2.42. The SMILES string of the molecule is O=C1C(=O)c2ccccc2C2=C1C(Nc1ccccc1[N+](=O)[O-])CO2. The maximum absolute atomic E-state index is 12.5. The number of hydrogen-bond donors (Lipinski definition) is 1. The number of para-hydroxylation sites is 2. The molecule has 1 atom stereocenters. The number of fused-ring (bicyclic) bond motifs is 2. The minimum atomic E-state index is -0.637. The molecule has 2 aromatic carbocycles. The number of nitrogens with zero attached hydrogens (tertiary/aromatic N) is 1. The number of ketones is 2. The number of benzene rings is 2. The summed E-state index contributed by atoms with van der Waals surface area (Å²) in [4.78, 5) is 35.5. The van der Waals surface area contributed by atoms with Crippen LogP contribution >= 0.6 is 0 Å². The smallest absolute Gasteiger partial charge is 0.292 e. The standard InChI is InChI=1S/C18H12N2O5/c21-16-10-5-1-2-6-11(10)18-15(17(16)22)13(9-25-18)19-12-7-3-4-8-14(12)20(23)24/h1-8,13,19H,9H2.